The molecule has 0 amide bonds. The minimum Gasteiger partial charge on any atom is -0.496 e. The molecule has 1 atom stereocenters. The zero-order valence-corrected chi connectivity index (χ0v) is 23.3. The summed E-state index contributed by atoms with van der Waals surface area (Å²) in [6.45, 7) is 11.9. The van der Waals surface area contributed by atoms with Crippen molar-refractivity contribution >= 4 is 23.2 Å². The normalized spacial score (nSPS) is 16.8. The van der Waals surface area contributed by atoms with Crippen molar-refractivity contribution in [3.8, 4) is 5.75 Å². The molecule has 1 aliphatic carbocycles. The van der Waals surface area contributed by atoms with Crippen LogP contribution in [0.5, 0.6) is 5.75 Å². The van der Waals surface area contributed by atoms with Crippen molar-refractivity contribution in [3.63, 3.8) is 0 Å². The molecule has 4 aromatic rings. The third kappa shape index (κ3) is 3.89. The van der Waals surface area contributed by atoms with Crippen LogP contribution in [0.15, 0.2) is 103 Å². The molecule has 0 fully saturated rings. The van der Waals surface area contributed by atoms with Gasteiger partial charge >= 0.3 is 0 Å². The average molecular weight is 494 g/mol. The van der Waals surface area contributed by atoms with E-state index >= 15 is 0 Å². The van der Waals surface area contributed by atoms with Crippen molar-refractivity contribution in [1.29, 1.82) is 0 Å². The van der Waals surface area contributed by atoms with Crippen LogP contribution in [0.1, 0.15) is 63.4 Å². The van der Waals surface area contributed by atoms with E-state index in [4.69, 9.17) is 4.74 Å². The molecule has 0 aromatic heterocycles. The van der Waals surface area contributed by atoms with Gasteiger partial charge in [0.25, 0.3) is 0 Å². The second-order valence-corrected chi connectivity index (χ2v) is 15.3. The first-order valence-electron chi connectivity index (χ1n) is 13.0. The Hall–Kier alpha value is -2.89. The molecular weight excluding hydrogens is 455 g/mol. The lowest BCUT2D eigenvalue weighted by atomic mass is 9.82. The van der Waals surface area contributed by atoms with Gasteiger partial charge in [-0.3, -0.25) is 0 Å². The fourth-order valence-corrected chi connectivity index (χ4v) is 11.6. The van der Waals surface area contributed by atoms with Crippen LogP contribution in [0.3, 0.4) is 0 Å². The van der Waals surface area contributed by atoms with Crippen LogP contribution in [-0.4, -0.2) is 7.11 Å². The van der Waals surface area contributed by atoms with Gasteiger partial charge in [-0.25, -0.2) is 0 Å². The van der Waals surface area contributed by atoms with Crippen molar-refractivity contribution in [2.24, 2.45) is 0 Å². The van der Waals surface area contributed by atoms with E-state index in [1.54, 1.807) is 0 Å². The Morgan fingerprint density at radius 1 is 0.667 bits per heavy atom. The largest absolute Gasteiger partial charge is 0.496 e. The Balaban J connectivity index is 1.83. The van der Waals surface area contributed by atoms with E-state index in [2.05, 4.69) is 138 Å². The molecule has 2 heteroatoms. The standard InChI is InChI=1S/C34H38OP/c1-25(26-22-30-32(31(23-26)35-6)34(4,5)24-33(30,2)3)36(27-16-10-7-11-17-27,28-18-12-8-13-19-28)29-20-14-9-15-21-29/h7-23,25H,24H2,1-6H3/q+1. The summed E-state index contributed by atoms with van der Waals surface area (Å²) in [4.78, 5) is 0. The second kappa shape index (κ2) is 9.20. The van der Waals surface area contributed by atoms with Crippen LogP contribution in [0, 0.1) is 0 Å². The van der Waals surface area contributed by atoms with E-state index in [1.807, 2.05) is 7.11 Å². The number of rotatable bonds is 6. The van der Waals surface area contributed by atoms with Crippen molar-refractivity contribution in [2.45, 2.75) is 57.5 Å². The molecule has 36 heavy (non-hydrogen) atoms. The first-order valence-corrected chi connectivity index (χ1v) is 14.9. The maximum absolute atomic E-state index is 6.12. The van der Waals surface area contributed by atoms with Crippen LogP contribution in [0.25, 0.3) is 0 Å². The SMILES string of the molecule is COc1cc(C(C)[P+](c2ccccc2)(c2ccccc2)c2ccccc2)cc2c1C(C)(C)CC2(C)C. The molecule has 184 valence electrons. The van der Waals surface area contributed by atoms with Crippen LogP contribution in [0.2, 0.25) is 0 Å². The summed E-state index contributed by atoms with van der Waals surface area (Å²) >= 11 is 0. The van der Waals surface area contributed by atoms with E-state index in [1.165, 1.54) is 32.6 Å². The van der Waals surface area contributed by atoms with Crippen LogP contribution in [-0.2, 0) is 10.8 Å². The lowest BCUT2D eigenvalue weighted by molar-refractivity contribution is 0.377. The number of ether oxygens (including phenoxy) is 1. The van der Waals surface area contributed by atoms with Gasteiger partial charge in [-0.2, -0.15) is 0 Å². The van der Waals surface area contributed by atoms with Gasteiger partial charge in [0, 0.05) is 5.56 Å². The Morgan fingerprint density at radius 3 is 1.53 bits per heavy atom. The summed E-state index contributed by atoms with van der Waals surface area (Å²) in [5, 5.41) is 4.23. The minimum atomic E-state index is -2.05. The lowest BCUT2D eigenvalue weighted by Crippen LogP contribution is -2.34. The molecule has 0 saturated heterocycles. The maximum Gasteiger partial charge on any atom is 0.123 e. The molecule has 0 N–H and O–H groups in total. The molecule has 0 saturated carbocycles. The molecule has 0 spiro atoms. The van der Waals surface area contributed by atoms with Crippen molar-refractivity contribution in [2.75, 3.05) is 7.11 Å². The van der Waals surface area contributed by atoms with Crippen molar-refractivity contribution < 1.29 is 4.74 Å². The quantitative estimate of drug-likeness (QED) is 0.250. The summed E-state index contributed by atoms with van der Waals surface area (Å²) in [7, 11) is -0.218. The van der Waals surface area contributed by atoms with E-state index in [0.29, 0.717) is 0 Å². The number of hydrogen-bond donors (Lipinski definition) is 0. The fraction of sp³-hybridized carbons (Fsp3) is 0.294. The summed E-state index contributed by atoms with van der Waals surface area (Å²) in [6, 6.07) is 38.4. The molecule has 1 nitrogen and oxygen atoms in total. The molecule has 0 heterocycles. The van der Waals surface area contributed by atoms with Crippen LogP contribution in [0.4, 0.5) is 0 Å². The second-order valence-electron chi connectivity index (χ2n) is 11.5. The molecule has 0 aliphatic heterocycles. The minimum absolute atomic E-state index is 0.0937. The topological polar surface area (TPSA) is 9.23 Å². The molecule has 5 rings (SSSR count). The van der Waals surface area contributed by atoms with Crippen LogP contribution < -0.4 is 20.7 Å². The number of fused-ring (bicyclic) bond motifs is 1. The average Bonchev–Trinajstić information content (AvgIpc) is 3.09. The van der Waals surface area contributed by atoms with Gasteiger partial charge in [-0.05, 0) is 77.8 Å². The highest BCUT2D eigenvalue weighted by Crippen LogP contribution is 2.67. The highest BCUT2D eigenvalue weighted by molar-refractivity contribution is 7.95. The summed E-state index contributed by atoms with van der Waals surface area (Å²) in [5.41, 5.74) is 4.66. The third-order valence-corrected chi connectivity index (χ3v) is 13.0. The molecular formula is C34H38OP+. The van der Waals surface area contributed by atoms with Crippen LogP contribution >= 0.6 is 7.26 Å². The van der Waals surface area contributed by atoms with Gasteiger partial charge in [-0.15, -0.1) is 0 Å². The Kier molecular flexibility index (Phi) is 6.34. The highest BCUT2D eigenvalue weighted by atomic mass is 31.2. The summed E-state index contributed by atoms with van der Waals surface area (Å²) in [6.07, 6.45) is 1.12. The number of benzene rings is 4. The third-order valence-electron chi connectivity index (χ3n) is 8.19. The summed E-state index contributed by atoms with van der Waals surface area (Å²) in [5.74, 6) is 1.04. The van der Waals surface area contributed by atoms with E-state index in [9.17, 15) is 0 Å². The van der Waals surface area contributed by atoms with Gasteiger partial charge in [0.2, 0.25) is 0 Å². The molecule has 1 unspecified atom stereocenters. The molecule has 0 radical (unpaired) electrons. The first-order chi connectivity index (χ1) is 17.2. The fourth-order valence-electron chi connectivity index (χ4n) is 6.89. The maximum atomic E-state index is 6.12. The predicted octanol–water partition coefficient (Wildman–Crippen LogP) is 7.71. The molecule has 1 aliphatic rings. The van der Waals surface area contributed by atoms with Gasteiger partial charge in [0.1, 0.15) is 34.6 Å². The molecule has 4 aromatic carbocycles. The van der Waals surface area contributed by atoms with E-state index in [0.717, 1.165) is 12.2 Å². The van der Waals surface area contributed by atoms with Crippen molar-refractivity contribution in [1.82, 2.24) is 0 Å². The summed E-state index contributed by atoms with van der Waals surface area (Å²) < 4.78 is 6.12. The number of methoxy groups -OCH3 is 1. The Labute approximate surface area is 217 Å². The predicted molar refractivity (Wildman–Crippen MR) is 157 cm³/mol. The van der Waals surface area contributed by atoms with Gasteiger partial charge < -0.3 is 4.74 Å². The first kappa shape index (κ1) is 24.8. The van der Waals surface area contributed by atoms with Gasteiger partial charge in [0.15, 0.2) is 0 Å². The van der Waals surface area contributed by atoms with Gasteiger partial charge in [-0.1, -0.05) is 88.4 Å². The zero-order valence-electron chi connectivity index (χ0n) is 22.5. The molecule has 0 bridgehead atoms. The van der Waals surface area contributed by atoms with Gasteiger partial charge in [0.05, 0.1) is 7.11 Å². The Bertz CT molecular complexity index is 1240. The Morgan fingerprint density at radius 2 is 1.11 bits per heavy atom. The monoisotopic (exact) mass is 493 g/mol. The zero-order chi connectivity index (χ0) is 25.6. The highest BCUT2D eigenvalue weighted by Gasteiger charge is 2.52. The smallest absolute Gasteiger partial charge is 0.123 e. The van der Waals surface area contributed by atoms with E-state index in [-0.39, 0.29) is 16.5 Å². The lowest BCUT2D eigenvalue weighted by Gasteiger charge is -2.34. The van der Waals surface area contributed by atoms with Crippen molar-refractivity contribution in [3.05, 3.63) is 120 Å². The number of hydrogen-bond acceptors (Lipinski definition) is 1. The van der Waals surface area contributed by atoms with E-state index < -0.39 is 7.26 Å².